The summed E-state index contributed by atoms with van der Waals surface area (Å²) in [5.41, 5.74) is 0. The molecule has 0 aliphatic heterocycles. The molecule has 0 saturated heterocycles. The van der Waals surface area contributed by atoms with Crippen molar-refractivity contribution in [3.63, 3.8) is 0 Å². The number of rotatable bonds is 4. The van der Waals surface area contributed by atoms with Gasteiger partial charge in [0.05, 0.1) is 6.10 Å². The molecule has 2 heteroatoms. The number of hydrogen-bond donors (Lipinski definition) is 1. The summed E-state index contributed by atoms with van der Waals surface area (Å²) in [7, 11) is 1.86. The smallest absolute Gasteiger partial charge is 0.0724 e. The third-order valence-corrected chi connectivity index (χ3v) is 4.69. The second kappa shape index (κ2) is 6.02. The second-order valence-corrected chi connectivity index (χ2v) is 5.74. The Balaban J connectivity index is 1.75. The van der Waals surface area contributed by atoms with E-state index in [1.165, 1.54) is 51.5 Å². The first-order chi connectivity index (χ1) is 7.81. The van der Waals surface area contributed by atoms with Crippen LogP contribution in [0.15, 0.2) is 0 Å². The zero-order chi connectivity index (χ0) is 11.4. The molecule has 0 spiro atoms. The Kier molecular flexibility index (Phi) is 4.66. The fraction of sp³-hybridized carbons (Fsp3) is 1.00. The minimum atomic E-state index is 0.463. The SMILES string of the molecule is COC1CCCCC1NCC1CCCC1C. The lowest BCUT2D eigenvalue weighted by molar-refractivity contribution is 0.0400. The molecule has 2 aliphatic carbocycles. The Labute approximate surface area is 100 Å². The van der Waals surface area contributed by atoms with Crippen LogP contribution in [0.25, 0.3) is 0 Å². The topological polar surface area (TPSA) is 21.3 Å². The van der Waals surface area contributed by atoms with Gasteiger partial charge in [-0.15, -0.1) is 0 Å². The van der Waals surface area contributed by atoms with Crippen LogP contribution in [0, 0.1) is 11.8 Å². The first-order valence-corrected chi connectivity index (χ1v) is 7.07. The van der Waals surface area contributed by atoms with E-state index in [9.17, 15) is 0 Å². The van der Waals surface area contributed by atoms with Gasteiger partial charge in [0, 0.05) is 13.2 Å². The molecule has 94 valence electrons. The van der Waals surface area contributed by atoms with Crippen LogP contribution >= 0.6 is 0 Å². The van der Waals surface area contributed by atoms with E-state index >= 15 is 0 Å². The van der Waals surface area contributed by atoms with Crippen molar-refractivity contribution in [2.45, 2.75) is 64.0 Å². The van der Waals surface area contributed by atoms with Crippen molar-refractivity contribution in [2.24, 2.45) is 11.8 Å². The number of ether oxygens (including phenoxy) is 1. The van der Waals surface area contributed by atoms with Crippen LogP contribution < -0.4 is 5.32 Å². The van der Waals surface area contributed by atoms with Gasteiger partial charge in [0.25, 0.3) is 0 Å². The molecule has 0 aromatic heterocycles. The average molecular weight is 225 g/mol. The van der Waals surface area contributed by atoms with Crippen molar-refractivity contribution >= 4 is 0 Å². The molecule has 4 unspecified atom stereocenters. The predicted octanol–water partition coefficient (Wildman–Crippen LogP) is 2.97. The van der Waals surface area contributed by atoms with Crippen LogP contribution in [0.2, 0.25) is 0 Å². The Bertz CT molecular complexity index is 207. The van der Waals surface area contributed by atoms with Crippen molar-refractivity contribution < 1.29 is 4.74 Å². The number of nitrogens with one attached hydrogen (secondary N) is 1. The van der Waals surface area contributed by atoms with Gasteiger partial charge < -0.3 is 10.1 Å². The van der Waals surface area contributed by atoms with Gasteiger partial charge in [0.1, 0.15) is 0 Å². The zero-order valence-corrected chi connectivity index (χ0v) is 10.9. The molecule has 16 heavy (non-hydrogen) atoms. The summed E-state index contributed by atoms with van der Waals surface area (Å²) in [4.78, 5) is 0. The van der Waals surface area contributed by atoms with E-state index in [1.54, 1.807) is 0 Å². The summed E-state index contributed by atoms with van der Waals surface area (Å²) < 4.78 is 5.58. The van der Waals surface area contributed by atoms with Crippen molar-refractivity contribution in [3.05, 3.63) is 0 Å². The van der Waals surface area contributed by atoms with Crippen molar-refractivity contribution in [2.75, 3.05) is 13.7 Å². The van der Waals surface area contributed by atoms with E-state index < -0.39 is 0 Å². The summed E-state index contributed by atoms with van der Waals surface area (Å²) >= 11 is 0. The first-order valence-electron chi connectivity index (χ1n) is 7.07. The Morgan fingerprint density at radius 3 is 2.56 bits per heavy atom. The van der Waals surface area contributed by atoms with Crippen LogP contribution in [0.3, 0.4) is 0 Å². The summed E-state index contributed by atoms with van der Waals surface area (Å²) in [5, 5.41) is 3.77. The monoisotopic (exact) mass is 225 g/mol. The maximum absolute atomic E-state index is 5.58. The van der Waals surface area contributed by atoms with Crippen molar-refractivity contribution in [3.8, 4) is 0 Å². The van der Waals surface area contributed by atoms with Gasteiger partial charge in [-0.25, -0.2) is 0 Å². The van der Waals surface area contributed by atoms with Gasteiger partial charge in [0.2, 0.25) is 0 Å². The molecule has 0 aromatic rings. The molecule has 0 aromatic carbocycles. The summed E-state index contributed by atoms with van der Waals surface area (Å²) in [5.74, 6) is 1.84. The second-order valence-electron chi connectivity index (χ2n) is 5.74. The molecular weight excluding hydrogens is 198 g/mol. The zero-order valence-electron chi connectivity index (χ0n) is 10.9. The van der Waals surface area contributed by atoms with Gasteiger partial charge in [-0.3, -0.25) is 0 Å². The van der Waals surface area contributed by atoms with Crippen LogP contribution in [-0.2, 0) is 4.74 Å². The quantitative estimate of drug-likeness (QED) is 0.794. The molecule has 0 heterocycles. The average Bonchev–Trinajstić information content (AvgIpc) is 2.72. The summed E-state index contributed by atoms with van der Waals surface area (Å²) in [6.45, 7) is 3.62. The van der Waals surface area contributed by atoms with E-state index in [0.717, 1.165) is 11.8 Å². The van der Waals surface area contributed by atoms with E-state index in [0.29, 0.717) is 12.1 Å². The number of hydrogen-bond acceptors (Lipinski definition) is 2. The molecule has 2 rings (SSSR count). The maximum atomic E-state index is 5.58. The van der Waals surface area contributed by atoms with Crippen LogP contribution in [0.5, 0.6) is 0 Å². The molecule has 1 N–H and O–H groups in total. The van der Waals surface area contributed by atoms with E-state index in [4.69, 9.17) is 4.74 Å². The molecule has 2 aliphatic rings. The fourth-order valence-corrected chi connectivity index (χ4v) is 3.44. The molecule has 0 bridgehead atoms. The lowest BCUT2D eigenvalue weighted by Crippen LogP contribution is -2.45. The van der Waals surface area contributed by atoms with Crippen LogP contribution in [-0.4, -0.2) is 25.8 Å². The summed E-state index contributed by atoms with van der Waals surface area (Å²) in [6.07, 6.45) is 10.0. The molecule has 0 radical (unpaired) electrons. The normalized spacial score (nSPS) is 40.1. The molecule has 2 saturated carbocycles. The van der Waals surface area contributed by atoms with E-state index in [2.05, 4.69) is 12.2 Å². The fourth-order valence-electron chi connectivity index (χ4n) is 3.44. The highest BCUT2D eigenvalue weighted by Crippen LogP contribution is 2.31. The Morgan fingerprint density at radius 1 is 1.06 bits per heavy atom. The maximum Gasteiger partial charge on any atom is 0.0724 e. The first kappa shape index (κ1) is 12.4. The van der Waals surface area contributed by atoms with Crippen LogP contribution in [0.4, 0.5) is 0 Å². The lowest BCUT2D eigenvalue weighted by atomic mass is 9.91. The molecule has 2 nitrogen and oxygen atoms in total. The van der Waals surface area contributed by atoms with Gasteiger partial charge in [0.15, 0.2) is 0 Å². The van der Waals surface area contributed by atoms with Crippen molar-refractivity contribution in [1.82, 2.24) is 5.32 Å². The minimum Gasteiger partial charge on any atom is -0.380 e. The molecule has 4 atom stereocenters. The lowest BCUT2D eigenvalue weighted by Gasteiger charge is -2.32. The van der Waals surface area contributed by atoms with Crippen molar-refractivity contribution in [1.29, 1.82) is 0 Å². The standard InChI is InChI=1S/C14H27NO/c1-11-6-5-7-12(11)10-15-13-8-3-4-9-14(13)16-2/h11-15H,3-10H2,1-2H3. The predicted molar refractivity (Wildman–Crippen MR) is 67.6 cm³/mol. The number of methoxy groups -OCH3 is 1. The highest BCUT2D eigenvalue weighted by Gasteiger charge is 2.28. The van der Waals surface area contributed by atoms with Gasteiger partial charge in [-0.05, 0) is 37.6 Å². The molecular formula is C14H27NO. The largest absolute Gasteiger partial charge is 0.380 e. The third kappa shape index (κ3) is 2.98. The minimum absolute atomic E-state index is 0.463. The van der Waals surface area contributed by atoms with Gasteiger partial charge >= 0.3 is 0 Å². The molecule has 0 amide bonds. The Morgan fingerprint density at radius 2 is 1.88 bits per heavy atom. The Hall–Kier alpha value is -0.0800. The molecule has 2 fully saturated rings. The third-order valence-electron chi connectivity index (χ3n) is 4.69. The highest BCUT2D eigenvalue weighted by molar-refractivity contribution is 4.84. The van der Waals surface area contributed by atoms with E-state index in [1.807, 2.05) is 7.11 Å². The van der Waals surface area contributed by atoms with Gasteiger partial charge in [-0.1, -0.05) is 32.6 Å². The van der Waals surface area contributed by atoms with E-state index in [-0.39, 0.29) is 0 Å². The van der Waals surface area contributed by atoms with Gasteiger partial charge in [-0.2, -0.15) is 0 Å². The summed E-state index contributed by atoms with van der Waals surface area (Å²) in [6, 6.07) is 0.617. The van der Waals surface area contributed by atoms with Crippen LogP contribution in [0.1, 0.15) is 51.9 Å². The highest BCUT2D eigenvalue weighted by atomic mass is 16.5.